The molecule has 5 heteroatoms. The van der Waals surface area contributed by atoms with Crippen LogP contribution in [-0.2, 0) is 9.59 Å². The Morgan fingerprint density at radius 3 is 1.45 bits per heavy atom. The van der Waals surface area contributed by atoms with Crippen molar-refractivity contribution in [3.8, 4) is 0 Å². The number of amides is 1. The van der Waals surface area contributed by atoms with Crippen LogP contribution in [0.5, 0.6) is 0 Å². The highest BCUT2D eigenvalue weighted by Gasteiger charge is 2.13. The monoisotopic (exact) mass is 412 g/mol. The largest absolute Gasteiger partial charge is 0.480 e. The zero-order chi connectivity index (χ0) is 21.6. The molecule has 29 heavy (non-hydrogen) atoms. The van der Waals surface area contributed by atoms with Gasteiger partial charge in [-0.3, -0.25) is 14.5 Å². The minimum Gasteiger partial charge on any atom is -0.480 e. The van der Waals surface area contributed by atoms with Gasteiger partial charge in [-0.15, -0.1) is 0 Å². The molecule has 0 radical (unpaired) electrons. The maximum Gasteiger partial charge on any atom is 0.317 e. The lowest BCUT2D eigenvalue weighted by Gasteiger charge is -2.19. The van der Waals surface area contributed by atoms with Crippen LogP contribution in [0.1, 0.15) is 117 Å². The lowest BCUT2D eigenvalue weighted by molar-refractivity contribution is -0.138. The number of carboxylic acids is 1. The standard InChI is InChI=1S/C24H48N2O3/c1-3-5-6-7-8-9-10-11-12-13-14-15-16-17-18-19-20-26(22-24(28)29)21-23(27)25-4-2/h3-22H2,1-2H3,(H,25,27)(H,28,29). The normalized spacial score (nSPS) is 11.1. The van der Waals surface area contributed by atoms with Crippen molar-refractivity contribution in [2.75, 3.05) is 26.2 Å². The molecular formula is C24H48N2O3. The van der Waals surface area contributed by atoms with Gasteiger partial charge in [0.05, 0.1) is 13.1 Å². The van der Waals surface area contributed by atoms with E-state index in [0.29, 0.717) is 13.1 Å². The molecule has 0 saturated carbocycles. The molecule has 0 aliphatic carbocycles. The molecule has 0 saturated heterocycles. The van der Waals surface area contributed by atoms with Crippen LogP contribution in [0.25, 0.3) is 0 Å². The topological polar surface area (TPSA) is 69.6 Å². The van der Waals surface area contributed by atoms with Gasteiger partial charge >= 0.3 is 5.97 Å². The number of nitrogens with zero attached hydrogens (tertiary/aromatic N) is 1. The average Bonchev–Trinajstić information content (AvgIpc) is 2.67. The summed E-state index contributed by atoms with van der Waals surface area (Å²) in [5.74, 6) is -0.962. The van der Waals surface area contributed by atoms with Crippen molar-refractivity contribution in [2.45, 2.75) is 117 Å². The minimum atomic E-state index is -0.870. The van der Waals surface area contributed by atoms with Gasteiger partial charge in [0.2, 0.25) is 5.91 Å². The molecule has 0 unspecified atom stereocenters. The quantitative estimate of drug-likeness (QED) is 0.221. The van der Waals surface area contributed by atoms with Crippen molar-refractivity contribution in [1.29, 1.82) is 0 Å². The second-order valence-corrected chi connectivity index (χ2v) is 8.36. The van der Waals surface area contributed by atoms with Crippen molar-refractivity contribution in [3.63, 3.8) is 0 Å². The number of hydrogen-bond donors (Lipinski definition) is 2. The van der Waals surface area contributed by atoms with Gasteiger partial charge in [-0.25, -0.2) is 0 Å². The molecule has 0 aliphatic rings. The summed E-state index contributed by atoms with van der Waals surface area (Å²) >= 11 is 0. The number of carbonyl (C=O) groups excluding carboxylic acids is 1. The first-order valence-corrected chi connectivity index (χ1v) is 12.3. The molecule has 0 aliphatic heterocycles. The predicted octanol–water partition coefficient (Wildman–Crippen LogP) is 5.77. The maximum atomic E-state index is 11.7. The van der Waals surface area contributed by atoms with E-state index < -0.39 is 5.97 Å². The third kappa shape index (κ3) is 21.4. The number of hydrogen-bond acceptors (Lipinski definition) is 3. The summed E-state index contributed by atoms with van der Waals surface area (Å²) < 4.78 is 0. The average molecular weight is 413 g/mol. The van der Waals surface area contributed by atoms with Crippen LogP contribution in [0, 0.1) is 0 Å². The first-order valence-electron chi connectivity index (χ1n) is 12.3. The van der Waals surface area contributed by atoms with Crippen LogP contribution in [0.4, 0.5) is 0 Å². The molecule has 0 spiro atoms. The number of rotatable bonds is 22. The first-order chi connectivity index (χ1) is 14.1. The second-order valence-electron chi connectivity index (χ2n) is 8.36. The zero-order valence-electron chi connectivity index (χ0n) is 19.4. The Hall–Kier alpha value is -1.10. The summed E-state index contributed by atoms with van der Waals surface area (Å²) in [7, 11) is 0. The molecule has 0 atom stereocenters. The Bertz CT molecular complexity index is 388. The van der Waals surface area contributed by atoms with Crippen LogP contribution in [0.2, 0.25) is 0 Å². The van der Waals surface area contributed by atoms with E-state index in [1.807, 2.05) is 6.92 Å². The van der Waals surface area contributed by atoms with Crippen LogP contribution in [0.3, 0.4) is 0 Å². The Labute approximate surface area is 180 Å². The lowest BCUT2D eigenvalue weighted by Crippen LogP contribution is -2.40. The van der Waals surface area contributed by atoms with Gasteiger partial charge in [-0.2, -0.15) is 0 Å². The molecule has 0 aromatic rings. The second kappa shape index (κ2) is 21.6. The minimum absolute atomic E-state index is 0.0596. The van der Waals surface area contributed by atoms with E-state index in [2.05, 4.69) is 12.2 Å². The fraction of sp³-hybridized carbons (Fsp3) is 0.917. The van der Waals surface area contributed by atoms with Gasteiger partial charge in [0.1, 0.15) is 0 Å². The van der Waals surface area contributed by atoms with Crippen LogP contribution < -0.4 is 5.32 Å². The Balaban J connectivity index is 3.45. The van der Waals surface area contributed by atoms with E-state index in [4.69, 9.17) is 5.11 Å². The third-order valence-electron chi connectivity index (χ3n) is 5.43. The molecule has 1 amide bonds. The van der Waals surface area contributed by atoms with E-state index in [0.717, 1.165) is 12.8 Å². The highest BCUT2D eigenvalue weighted by atomic mass is 16.4. The van der Waals surface area contributed by atoms with E-state index in [1.54, 1.807) is 4.90 Å². The molecule has 172 valence electrons. The van der Waals surface area contributed by atoms with E-state index in [-0.39, 0.29) is 19.0 Å². The van der Waals surface area contributed by atoms with Gasteiger partial charge in [-0.05, 0) is 19.9 Å². The maximum absolute atomic E-state index is 11.7. The number of carbonyl (C=O) groups is 2. The Morgan fingerprint density at radius 2 is 1.07 bits per heavy atom. The molecule has 0 rings (SSSR count). The molecular weight excluding hydrogens is 364 g/mol. The zero-order valence-corrected chi connectivity index (χ0v) is 19.4. The number of unbranched alkanes of at least 4 members (excludes halogenated alkanes) is 15. The van der Waals surface area contributed by atoms with E-state index >= 15 is 0 Å². The first kappa shape index (κ1) is 27.9. The lowest BCUT2D eigenvalue weighted by atomic mass is 10.0. The highest BCUT2D eigenvalue weighted by molar-refractivity contribution is 5.78. The SMILES string of the molecule is CCCCCCCCCCCCCCCCCCN(CC(=O)O)CC(=O)NCC. The fourth-order valence-electron chi connectivity index (χ4n) is 3.74. The van der Waals surface area contributed by atoms with Crippen molar-refractivity contribution >= 4 is 11.9 Å². The summed E-state index contributed by atoms with van der Waals surface area (Å²) in [6.45, 7) is 5.52. The van der Waals surface area contributed by atoms with Crippen molar-refractivity contribution in [2.24, 2.45) is 0 Å². The van der Waals surface area contributed by atoms with Gasteiger partial charge in [0, 0.05) is 6.54 Å². The summed E-state index contributed by atoms with van der Waals surface area (Å²) in [6.07, 6.45) is 21.2. The Kier molecular flexibility index (Phi) is 20.8. The number of carboxylic acid groups (broad SMARTS) is 1. The van der Waals surface area contributed by atoms with Crippen molar-refractivity contribution in [1.82, 2.24) is 10.2 Å². The van der Waals surface area contributed by atoms with Gasteiger partial charge in [0.25, 0.3) is 0 Å². The molecule has 5 nitrogen and oxygen atoms in total. The molecule has 0 heterocycles. The summed E-state index contributed by atoms with van der Waals surface area (Å²) in [4.78, 5) is 24.3. The fourth-order valence-corrected chi connectivity index (χ4v) is 3.74. The number of likely N-dealkylation sites (N-methyl/N-ethyl adjacent to an activating group) is 1. The predicted molar refractivity (Wildman–Crippen MR) is 122 cm³/mol. The van der Waals surface area contributed by atoms with E-state index in [9.17, 15) is 9.59 Å². The van der Waals surface area contributed by atoms with Gasteiger partial charge in [0.15, 0.2) is 0 Å². The van der Waals surface area contributed by atoms with Crippen LogP contribution in [-0.4, -0.2) is 48.1 Å². The summed E-state index contributed by atoms with van der Waals surface area (Å²) in [5.41, 5.74) is 0. The molecule has 0 bridgehead atoms. The van der Waals surface area contributed by atoms with Gasteiger partial charge in [-0.1, -0.05) is 103 Å². The van der Waals surface area contributed by atoms with Crippen molar-refractivity contribution < 1.29 is 14.7 Å². The molecule has 2 N–H and O–H groups in total. The molecule has 0 fully saturated rings. The third-order valence-corrected chi connectivity index (χ3v) is 5.43. The molecule has 0 aromatic carbocycles. The van der Waals surface area contributed by atoms with Crippen molar-refractivity contribution in [3.05, 3.63) is 0 Å². The van der Waals surface area contributed by atoms with Gasteiger partial charge < -0.3 is 10.4 Å². The highest BCUT2D eigenvalue weighted by Crippen LogP contribution is 2.13. The molecule has 0 aromatic heterocycles. The van der Waals surface area contributed by atoms with Crippen LogP contribution >= 0.6 is 0 Å². The summed E-state index contributed by atoms with van der Waals surface area (Å²) in [6, 6.07) is 0. The summed E-state index contributed by atoms with van der Waals surface area (Å²) in [5, 5.41) is 11.7. The number of aliphatic carboxylic acids is 1. The smallest absolute Gasteiger partial charge is 0.317 e. The number of nitrogens with one attached hydrogen (secondary N) is 1. The Morgan fingerprint density at radius 1 is 0.655 bits per heavy atom. The van der Waals surface area contributed by atoms with Crippen LogP contribution in [0.15, 0.2) is 0 Å². The van der Waals surface area contributed by atoms with E-state index in [1.165, 1.54) is 89.9 Å².